The summed E-state index contributed by atoms with van der Waals surface area (Å²) in [7, 11) is 0. The molecule has 2 heterocycles. The quantitative estimate of drug-likeness (QED) is 0.686. The summed E-state index contributed by atoms with van der Waals surface area (Å²) in [5, 5.41) is 3.27. The molecule has 4 heteroatoms. The largest absolute Gasteiger partial charge is 0.340 e. The van der Waals surface area contributed by atoms with Gasteiger partial charge in [0.2, 0.25) is 5.91 Å². The Morgan fingerprint density at radius 1 is 1.35 bits per heavy atom. The topological polar surface area (TPSA) is 35.6 Å². The number of terminal acetylenes is 1. The van der Waals surface area contributed by atoms with E-state index in [1.165, 1.54) is 0 Å². The number of hydrogen-bond acceptors (Lipinski definition) is 3. The molecule has 0 spiro atoms. The van der Waals surface area contributed by atoms with E-state index < -0.39 is 0 Å². The second-order valence-electron chi connectivity index (χ2n) is 4.82. The molecule has 1 atom stereocenters. The molecule has 2 fully saturated rings. The number of nitrogens with one attached hydrogen (secondary N) is 1. The number of carbonyl (C=O) groups is 1. The van der Waals surface area contributed by atoms with Crippen LogP contribution in [0.5, 0.6) is 0 Å². The Morgan fingerprint density at radius 2 is 2.12 bits per heavy atom. The third-order valence-corrected chi connectivity index (χ3v) is 3.62. The van der Waals surface area contributed by atoms with Crippen molar-refractivity contribution >= 4 is 5.91 Å². The van der Waals surface area contributed by atoms with Crippen molar-refractivity contribution in [2.75, 3.05) is 45.8 Å². The van der Waals surface area contributed by atoms with Gasteiger partial charge in [0.25, 0.3) is 0 Å². The second kappa shape index (κ2) is 6.04. The van der Waals surface area contributed by atoms with Crippen LogP contribution in [0.2, 0.25) is 0 Å². The molecule has 1 N–H and O–H groups in total. The molecule has 0 bridgehead atoms. The summed E-state index contributed by atoms with van der Waals surface area (Å²) >= 11 is 0. The van der Waals surface area contributed by atoms with Crippen LogP contribution in [0.3, 0.4) is 0 Å². The molecule has 17 heavy (non-hydrogen) atoms. The zero-order valence-electron chi connectivity index (χ0n) is 10.3. The zero-order chi connectivity index (χ0) is 12.1. The minimum atomic E-state index is 0.200. The molecule has 94 valence electrons. The maximum Gasteiger partial charge on any atom is 0.227 e. The highest BCUT2D eigenvalue weighted by Gasteiger charge is 2.31. The molecule has 2 aliphatic rings. The predicted molar refractivity (Wildman–Crippen MR) is 67.4 cm³/mol. The normalized spacial score (nSPS) is 25.8. The first-order valence-corrected chi connectivity index (χ1v) is 6.46. The van der Waals surface area contributed by atoms with Gasteiger partial charge in [-0.1, -0.05) is 0 Å². The fraction of sp³-hybridized carbons (Fsp3) is 0.769. The van der Waals surface area contributed by atoms with Crippen LogP contribution in [0.25, 0.3) is 0 Å². The fourth-order valence-corrected chi connectivity index (χ4v) is 2.60. The Morgan fingerprint density at radius 3 is 2.82 bits per heavy atom. The molecule has 2 aliphatic heterocycles. The third-order valence-electron chi connectivity index (χ3n) is 3.62. The van der Waals surface area contributed by atoms with Gasteiger partial charge in [0, 0.05) is 45.7 Å². The molecule has 0 aromatic heterocycles. The SMILES string of the molecule is C#CCCN1CCC(C(=O)N2CCNCC2)C1. The first-order chi connectivity index (χ1) is 8.31. The number of rotatable bonds is 3. The smallest absolute Gasteiger partial charge is 0.227 e. The molecule has 0 radical (unpaired) electrons. The van der Waals surface area contributed by atoms with E-state index in [9.17, 15) is 4.79 Å². The van der Waals surface area contributed by atoms with Gasteiger partial charge < -0.3 is 15.1 Å². The molecular formula is C13H21N3O. The molecule has 0 saturated carbocycles. The second-order valence-corrected chi connectivity index (χ2v) is 4.82. The monoisotopic (exact) mass is 235 g/mol. The third kappa shape index (κ3) is 3.21. The Kier molecular flexibility index (Phi) is 4.41. The highest BCUT2D eigenvalue weighted by Crippen LogP contribution is 2.19. The lowest BCUT2D eigenvalue weighted by Crippen LogP contribution is -2.48. The van der Waals surface area contributed by atoms with Gasteiger partial charge in [-0.05, 0) is 13.0 Å². The number of piperazine rings is 1. The average molecular weight is 235 g/mol. The summed E-state index contributed by atoms with van der Waals surface area (Å²) in [6, 6.07) is 0. The average Bonchev–Trinajstić information content (AvgIpc) is 2.85. The summed E-state index contributed by atoms with van der Waals surface area (Å²) in [5.41, 5.74) is 0. The molecule has 4 nitrogen and oxygen atoms in total. The summed E-state index contributed by atoms with van der Waals surface area (Å²) in [6.07, 6.45) is 7.04. The lowest BCUT2D eigenvalue weighted by Gasteiger charge is -2.29. The van der Waals surface area contributed by atoms with Crippen molar-refractivity contribution in [3.63, 3.8) is 0 Å². The van der Waals surface area contributed by atoms with Gasteiger partial charge in [-0.2, -0.15) is 0 Å². The number of likely N-dealkylation sites (tertiary alicyclic amines) is 1. The minimum Gasteiger partial charge on any atom is -0.340 e. The highest BCUT2D eigenvalue weighted by atomic mass is 16.2. The summed E-state index contributed by atoms with van der Waals surface area (Å²) in [4.78, 5) is 16.6. The molecule has 1 unspecified atom stereocenters. The van der Waals surface area contributed by atoms with E-state index in [0.717, 1.165) is 58.7 Å². The number of carbonyl (C=O) groups excluding carboxylic acids is 1. The zero-order valence-corrected chi connectivity index (χ0v) is 10.3. The molecule has 1 amide bonds. The first-order valence-electron chi connectivity index (χ1n) is 6.46. The van der Waals surface area contributed by atoms with E-state index in [2.05, 4.69) is 16.1 Å². The molecule has 0 aromatic rings. The molecule has 2 rings (SSSR count). The number of nitrogens with zero attached hydrogens (tertiary/aromatic N) is 2. The van der Waals surface area contributed by atoms with E-state index in [-0.39, 0.29) is 5.92 Å². The highest BCUT2D eigenvalue weighted by molar-refractivity contribution is 5.79. The van der Waals surface area contributed by atoms with Gasteiger partial charge in [0.05, 0.1) is 5.92 Å². The summed E-state index contributed by atoms with van der Waals surface area (Å²) in [5.74, 6) is 3.20. The van der Waals surface area contributed by atoms with Crippen LogP contribution in [0.1, 0.15) is 12.8 Å². The molecule has 0 aromatic carbocycles. The summed E-state index contributed by atoms with van der Waals surface area (Å²) in [6.45, 7) is 6.42. The Bertz CT molecular complexity index is 304. The van der Waals surface area contributed by atoms with Gasteiger partial charge in [-0.25, -0.2) is 0 Å². The van der Waals surface area contributed by atoms with Crippen LogP contribution in [-0.2, 0) is 4.79 Å². The van der Waals surface area contributed by atoms with Crippen molar-refractivity contribution in [2.45, 2.75) is 12.8 Å². The maximum absolute atomic E-state index is 12.3. The molecule has 0 aliphatic carbocycles. The van der Waals surface area contributed by atoms with Gasteiger partial charge in [0.15, 0.2) is 0 Å². The van der Waals surface area contributed by atoms with Crippen molar-refractivity contribution in [1.29, 1.82) is 0 Å². The number of amides is 1. The lowest BCUT2D eigenvalue weighted by molar-refractivity contribution is -0.135. The van der Waals surface area contributed by atoms with Gasteiger partial charge >= 0.3 is 0 Å². The van der Waals surface area contributed by atoms with Crippen LogP contribution in [0.15, 0.2) is 0 Å². The van der Waals surface area contributed by atoms with Crippen molar-refractivity contribution in [2.24, 2.45) is 5.92 Å². The van der Waals surface area contributed by atoms with Crippen molar-refractivity contribution in [3.05, 3.63) is 0 Å². The van der Waals surface area contributed by atoms with E-state index >= 15 is 0 Å². The predicted octanol–water partition coefficient (Wildman–Crippen LogP) is -0.237. The van der Waals surface area contributed by atoms with E-state index in [1.807, 2.05) is 4.90 Å². The summed E-state index contributed by atoms with van der Waals surface area (Å²) < 4.78 is 0. The van der Waals surface area contributed by atoms with Crippen LogP contribution in [0, 0.1) is 18.3 Å². The van der Waals surface area contributed by atoms with Crippen LogP contribution in [0.4, 0.5) is 0 Å². The lowest BCUT2D eigenvalue weighted by atomic mass is 10.1. The van der Waals surface area contributed by atoms with E-state index in [4.69, 9.17) is 6.42 Å². The van der Waals surface area contributed by atoms with Gasteiger partial charge in [-0.15, -0.1) is 12.3 Å². The van der Waals surface area contributed by atoms with Crippen molar-refractivity contribution in [1.82, 2.24) is 15.1 Å². The van der Waals surface area contributed by atoms with Crippen LogP contribution >= 0.6 is 0 Å². The van der Waals surface area contributed by atoms with Crippen molar-refractivity contribution < 1.29 is 4.79 Å². The van der Waals surface area contributed by atoms with Crippen LogP contribution in [-0.4, -0.2) is 61.5 Å². The number of hydrogen-bond donors (Lipinski definition) is 1. The van der Waals surface area contributed by atoms with Gasteiger partial charge in [-0.3, -0.25) is 4.79 Å². The standard InChI is InChI=1S/C13H21N3O/c1-2-3-7-15-8-4-12(11-15)13(17)16-9-5-14-6-10-16/h1,12,14H,3-11H2. The Hall–Kier alpha value is -1.05. The Balaban J connectivity index is 1.79. The Labute approximate surface area is 103 Å². The van der Waals surface area contributed by atoms with E-state index in [1.54, 1.807) is 0 Å². The molecular weight excluding hydrogens is 214 g/mol. The van der Waals surface area contributed by atoms with Crippen molar-refractivity contribution in [3.8, 4) is 12.3 Å². The minimum absolute atomic E-state index is 0.200. The molecule has 2 saturated heterocycles. The van der Waals surface area contributed by atoms with Gasteiger partial charge in [0.1, 0.15) is 0 Å². The maximum atomic E-state index is 12.3. The fourth-order valence-electron chi connectivity index (χ4n) is 2.60. The van der Waals surface area contributed by atoms with Crippen LogP contribution < -0.4 is 5.32 Å². The van der Waals surface area contributed by atoms with E-state index in [0.29, 0.717) is 5.91 Å². The first kappa shape index (κ1) is 12.4.